The van der Waals surface area contributed by atoms with E-state index >= 15 is 0 Å². The topological polar surface area (TPSA) is 34.2 Å². The third kappa shape index (κ3) is 4.26. The second-order valence-electron chi connectivity index (χ2n) is 7.07. The number of anilines is 1. The minimum absolute atomic E-state index is 0.0206. The molecule has 2 heterocycles. The molecule has 0 N–H and O–H groups in total. The molecule has 2 saturated heterocycles. The second-order valence-corrected chi connectivity index (χ2v) is 7.07. The molecule has 0 bridgehead atoms. The van der Waals surface area contributed by atoms with E-state index in [1.807, 2.05) is 18.2 Å². The normalized spacial score (nSPS) is 24.0. The Morgan fingerprint density at radius 3 is 2.37 bits per heavy atom. The molecule has 0 aromatic heterocycles. The molecule has 0 unspecified atom stereocenters. The van der Waals surface area contributed by atoms with Crippen LogP contribution in [0, 0.1) is 0 Å². The number of benzene rings is 2. The lowest BCUT2D eigenvalue weighted by molar-refractivity contribution is -0.149. The van der Waals surface area contributed by atoms with Gasteiger partial charge in [-0.15, -0.1) is 0 Å². The summed E-state index contributed by atoms with van der Waals surface area (Å²) in [5.41, 5.74) is 2.38. The van der Waals surface area contributed by atoms with Gasteiger partial charge in [0.25, 0.3) is 0 Å². The van der Waals surface area contributed by atoms with Gasteiger partial charge in [0.2, 0.25) is 0 Å². The number of methoxy groups -OCH3 is 1. The smallest absolute Gasteiger partial charge is 0.142 e. The molecule has 0 saturated carbocycles. The standard InChI is InChI=1S/C22H28N2O3/c1-25-20-10-6-5-9-19(20)24-13-11-23(12-14-24)17-21-22(27-16-15-26-21)18-7-3-2-4-8-18/h2-10,21-22H,11-17H2,1H3/t21-,22-/m1/s1. The van der Waals surface area contributed by atoms with Gasteiger partial charge in [0.15, 0.2) is 0 Å². The van der Waals surface area contributed by atoms with Crippen LogP contribution in [0.3, 0.4) is 0 Å². The monoisotopic (exact) mass is 368 g/mol. The molecule has 2 atom stereocenters. The molecule has 144 valence electrons. The predicted octanol–water partition coefficient (Wildman–Crippen LogP) is 2.97. The van der Waals surface area contributed by atoms with Crippen molar-refractivity contribution in [2.75, 3.05) is 57.9 Å². The van der Waals surface area contributed by atoms with Gasteiger partial charge in [0, 0.05) is 32.7 Å². The molecule has 0 spiro atoms. The number of ether oxygens (including phenoxy) is 3. The number of piperazine rings is 1. The molecule has 2 fully saturated rings. The molecule has 0 aliphatic carbocycles. The molecule has 27 heavy (non-hydrogen) atoms. The van der Waals surface area contributed by atoms with Crippen LogP contribution in [0.5, 0.6) is 5.75 Å². The zero-order valence-corrected chi connectivity index (χ0v) is 15.9. The quantitative estimate of drug-likeness (QED) is 0.811. The molecule has 2 aromatic rings. The van der Waals surface area contributed by atoms with E-state index in [1.54, 1.807) is 7.11 Å². The summed E-state index contributed by atoms with van der Waals surface area (Å²) in [6.45, 7) is 6.25. The summed E-state index contributed by atoms with van der Waals surface area (Å²) in [4.78, 5) is 4.89. The highest BCUT2D eigenvalue weighted by atomic mass is 16.6. The van der Waals surface area contributed by atoms with Crippen LogP contribution >= 0.6 is 0 Å². The molecular formula is C22H28N2O3. The van der Waals surface area contributed by atoms with E-state index in [2.05, 4.69) is 46.2 Å². The Hall–Kier alpha value is -2.08. The van der Waals surface area contributed by atoms with Crippen LogP contribution < -0.4 is 9.64 Å². The van der Waals surface area contributed by atoms with Crippen molar-refractivity contribution in [2.45, 2.75) is 12.2 Å². The predicted molar refractivity (Wildman–Crippen MR) is 107 cm³/mol. The first-order valence-corrected chi connectivity index (χ1v) is 9.73. The van der Waals surface area contributed by atoms with Gasteiger partial charge in [-0.1, -0.05) is 42.5 Å². The van der Waals surface area contributed by atoms with E-state index in [-0.39, 0.29) is 12.2 Å². The molecule has 2 aromatic carbocycles. The Balaban J connectivity index is 1.37. The van der Waals surface area contributed by atoms with Crippen LogP contribution in [0.4, 0.5) is 5.69 Å². The van der Waals surface area contributed by atoms with Crippen molar-refractivity contribution in [2.24, 2.45) is 0 Å². The maximum atomic E-state index is 6.10. The minimum Gasteiger partial charge on any atom is -0.495 e. The Bertz CT molecular complexity index is 717. The molecule has 4 rings (SSSR count). The van der Waals surface area contributed by atoms with Gasteiger partial charge in [-0.3, -0.25) is 4.90 Å². The summed E-state index contributed by atoms with van der Waals surface area (Å²) in [5, 5.41) is 0. The Morgan fingerprint density at radius 2 is 1.59 bits per heavy atom. The average molecular weight is 368 g/mol. The van der Waals surface area contributed by atoms with Crippen molar-refractivity contribution in [3.8, 4) is 5.75 Å². The highest BCUT2D eigenvalue weighted by Crippen LogP contribution is 2.30. The zero-order chi connectivity index (χ0) is 18.5. The molecule has 0 amide bonds. The molecule has 2 aliphatic rings. The summed E-state index contributed by atoms with van der Waals surface area (Å²) >= 11 is 0. The summed E-state index contributed by atoms with van der Waals surface area (Å²) < 4.78 is 17.7. The first kappa shape index (κ1) is 18.3. The van der Waals surface area contributed by atoms with Crippen molar-refractivity contribution in [3.05, 3.63) is 60.2 Å². The summed E-state index contributed by atoms with van der Waals surface area (Å²) in [6.07, 6.45) is 0.103. The number of hydrogen-bond donors (Lipinski definition) is 0. The van der Waals surface area contributed by atoms with E-state index in [1.165, 1.54) is 11.3 Å². The van der Waals surface area contributed by atoms with E-state index in [0.29, 0.717) is 13.2 Å². The summed E-state index contributed by atoms with van der Waals surface area (Å²) in [5.74, 6) is 0.944. The van der Waals surface area contributed by atoms with E-state index < -0.39 is 0 Å². The largest absolute Gasteiger partial charge is 0.495 e. The fourth-order valence-electron chi connectivity index (χ4n) is 3.99. The highest BCUT2D eigenvalue weighted by molar-refractivity contribution is 5.58. The van der Waals surface area contributed by atoms with Gasteiger partial charge >= 0.3 is 0 Å². The Labute approximate surface area is 161 Å². The Kier molecular flexibility index (Phi) is 5.92. The lowest BCUT2D eigenvalue weighted by Crippen LogP contribution is -2.50. The van der Waals surface area contributed by atoms with E-state index in [4.69, 9.17) is 14.2 Å². The molecule has 5 nitrogen and oxygen atoms in total. The minimum atomic E-state index is 0.0206. The maximum absolute atomic E-state index is 6.10. The van der Waals surface area contributed by atoms with Crippen LogP contribution in [0.1, 0.15) is 11.7 Å². The third-order valence-corrected chi connectivity index (χ3v) is 5.41. The summed E-state index contributed by atoms with van der Waals surface area (Å²) in [6, 6.07) is 18.7. The van der Waals surface area contributed by atoms with Gasteiger partial charge in [-0.2, -0.15) is 0 Å². The van der Waals surface area contributed by atoms with Crippen molar-refractivity contribution in [3.63, 3.8) is 0 Å². The van der Waals surface area contributed by atoms with Crippen LogP contribution in [-0.4, -0.2) is 64.1 Å². The van der Waals surface area contributed by atoms with Crippen molar-refractivity contribution < 1.29 is 14.2 Å². The number of nitrogens with zero attached hydrogens (tertiary/aromatic N) is 2. The average Bonchev–Trinajstić information content (AvgIpc) is 2.75. The number of hydrogen-bond acceptors (Lipinski definition) is 5. The van der Waals surface area contributed by atoms with Crippen LogP contribution in [-0.2, 0) is 9.47 Å². The van der Waals surface area contributed by atoms with E-state index in [0.717, 1.165) is 38.5 Å². The number of rotatable bonds is 5. The van der Waals surface area contributed by atoms with Gasteiger partial charge in [-0.05, 0) is 17.7 Å². The van der Waals surface area contributed by atoms with Gasteiger partial charge < -0.3 is 19.1 Å². The number of para-hydroxylation sites is 2. The van der Waals surface area contributed by atoms with Crippen LogP contribution in [0.15, 0.2) is 54.6 Å². The highest BCUT2D eigenvalue weighted by Gasteiger charge is 2.31. The van der Waals surface area contributed by atoms with Crippen LogP contribution in [0.25, 0.3) is 0 Å². The molecular weight excluding hydrogens is 340 g/mol. The van der Waals surface area contributed by atoms with Gasteiger partial charge in [0.05, 0.1) is 26.0 Å². The van der Waals surface area contributed by atoms with Gasteiger partial charge in [0.1, 0.15) is 18.0 Å². The fraction of sp³-hybridized carbons (Fsp3) is 0.455. The first-order chi connectivity index (χ1) is 13.3. The van der Waals surface area contributed by atoms with Crippen molar-refractivity contribution in [1.29, 1.82) is 0 Å². The SMILES string of the molecule is COc1ccccc1N1CCN(C[C@H]2OCCO[C@@H]2c2ccccc2)CC1. The fourth-order valence-corrected chi connectivity index (χ4v) is 3.99. The molecule has 5 heteroatoms. The van der Waals surface area contributed by atoms with Crippen molar-refractivity contribution >= 4 is 5.69 Å². The second kappa shape index (κ2) is 8.74. The lowest BCUT2D eigenvalue weighted by Gasteiger charge is -2.40. The molecule has 2 aliphatic heterocycles. The lowest BCUT2D eigenvalue weighted by atomic mass is 10.0. The summed E-state index contributed by atoms with van der Waals surface area (Å²) in [7, 11) is 1.74. The maximum Gasteiger partial charge on any atom is 0.142 e. The first-order valence-electron chi connectivity index (χ1n) is 9.73. The van der Waals surface area contributed by atoms with Crippen LogP contribution in [0.2, 0.25) is 0 Å². The van der Waals surface area contributed by atoms with E-state index in [9.17, 15) is 0 Å². The Morgan fingerprint density at radius 1 is 0.889 bits per heavy atom. The molecule has 0 radical (unpaired) electrons. The zero-order valence-electron chi connectivity index (χ0n) is 15.9. The third-order valence-electron chi connectivity index (χ3n) is 5.41. The van der Waals surface area contributed by atoms with Gasteiger partial charge in [-0.25, -0.2) is 0 Å². The van der Waals surface area contributed by atoms with Crippen molar-refractivity contribution in [1.82, 2.24) is 4.90 Å².